The van der Waals surface area contributed by atoms with Gasteiger partial charge in [-0.25, -0.2) is 4.99 Å². The largest absolute Gasteiger partial charge is 0.257 e. The highest BCUT2D eigenvalue weighted by molar-refractivity contribution is 7.26. The Bertz CT molecular complexity index is 3460. The van der Waals surface area contributed by atoms with Gasteiger partial charge in [0.1, 0.15) is 0 Å². The van der Waals surface area contributed by atoms with E-state index in [1.54, 1.807) is 0 Å². The van der Waals surface area contributed by atoms with E-state index in [1.807, 2.05) is 11.3 Å². The SMILES string of the molecule is C=C1c2ccccc2-c2ccccc2C1c1ccc(C2=NC(c3cc4sc5c(-c6ccc7ccccc7c6)cccc5c4c4ccccc34)=NC(c3ccccc3)C2C)cc1. The summed E-state index contributed by atoms with van der Waals surface area (Å²) in [6.07, 6.45) is 0. The van der Waals surface area contributed by atoms with Crippen molar-refractivity contribution < 1.29 is 0 Å². The van der Waals surface area contributed by atoms with E-state index in [0.717, 1.165) is 28.2 Å². The number of hydrogen-bond acceptors (Lipinski definition) is 3. The molecule has 1 aromatic heterocycles. The van der Waals surface area contributed by atoms with Crippen molar-refractivity contribution in [2.24, 2.45) is 15.9 Å². The fourth-order valence-electron chi connectivity index (χ4n) is 10.1. The number of benzene rings is 9. The maximum atomic E-state index is 5.56. The minimum atomic E-state index is -0.0961. The molecule has 3 unspecified atom stereocenters. The summed E-state index contributed by atoms with van der Waals surface area (Å²) in [5.41, 5.74) is 14.4. The molecule has 0 saturated carbocycles. The van der Waals surface area contributed by atoms with Crippen LogP contribution >= 0.6 is 11.3 Å². The van der Waals surface area contributed by atoms with Crippen LogP contribution < -0.4 is 0 Å². The molecule has 0 spiro atoms. The molecule has 10 aromatic rings. The Hall–Kier alpha value is -7.20. The first-order chi connectivity index (χ1) is 30.1. The number of aliphatic imine (C=N–C) groups is 2. The minimum Gasteiger partial charge on any atom is -0.257 e. The lowest BCUT2D eigenvalue weighted by Gasteiger charge is -2.31. The summed E-state index contributed by atoms with van der Waals surface area (Å²) in [5, 5.41) is 7.47. The summed E-state index contributed by atoms with van der Waals surface area (Å²) < 4.78 is 2.54. The van der Waals surface area contributed by atoms with Crippen LogP contribution in [0.1, 0.15) is 52.3 Å². The van der Waals surface area contributed by atoms with Crippen molar-refractivity contribution in [1.29, 1.82) is 0 Å². The second-order valence-electron chi connectivity index (χ2n) is 16.5. The predicted molar refractivity (Wildman–Crippen MR) is 260 cm³/mol. The summed E-state index contributed by atoms with van der Waals surface area (Å²) >= 11 is 1.87. The fraction of sp³-hybridized carbons (Fsp3) is 0.0690. The molecule has 0 amide bonds. The minimum absolute atomic E-state index is 0.0538. The molecule has 0 saturated heterocycles. The molecule has 1 aliphatic heterocycles. The van der Waals surface area contributed by atoms with E-state index in [2.05, 4.69) is 208 Å². The number of thiophene rings is 1. The molecule has 2 nitrogen and oxygen atoms in total. The molecule has 0 fully saturated rings. The number of allylic oxidation sites excluding steroid dienone is 1. The third kappa shape index (κ3) is 5.76. The van der Waals surface area contributed by atoms with Gasteiger partial charge in [0, 0.05) is 37.6 Å². The monoisotopic (exact) mass is 796 g/mol. The van der Waals surface area contributed by atoms with Crippen LogP contribution in [0.15, 0.2) is 211 Å². The molecular weight excluding hydrogens is 757 g/mol. The van der Waals surface area contributed by atoms with Crippen LogP contribution in [-0.2, 0) is 0 Å². The van der Waals surface area contributed by atoms with Crippen molar-refractivity contribution >= 4 is 70.2 Å². The van der Waals surface area contributed by atoms with Gasteiger partial charge in [0.2, 0.25) is 0 Å². The maximum Gasteiger partial charge on any atom is 0.156 e. The first-order valence-corrected chi connectivity index (χ1v) is 22.0. The predicted octanol–water partition coefficient (Wildman–Crippen LogP) is 15.5. The van der Waals surface area contributed by atoms with Gasteiger partial charge >= 0.3 is 0 Å². The lowest BCUT2D eigenvalue weighted by molar-refractivity contribution is 0.592. The van der Waals surface area contributed by atoms with Gasteiger partial charge in [-0.05, 0) is 89.3 Å². The van der Waals surface area contributed by atoms with E-state index in [-0.39, 0.29) is 17.9 Å². The zero-order chi connectivity index (χ0) is 40.6. The standard InChI is InChI=1S/C58H40N2S/c1-35-43-19-8-9-20-45(43)46-21-10-12-23-48(46)53(35)38-28-30-40(31-29-38)56-36(2)55(39-16-4-3-5-17-39)59-58(60-56)51-34-52-54(49-24-13-11-22-47(49)51)50-26-14-25-44(57(50)61-52)42-32-27-37-15-6-7-18-41(37)33-42/h3-34,36,53,55H,1H2,2H3. The lowest BCUT2D eigenvalue weighted by Crippen LogP contribution is -2.26. The molecule has 0 bridgehead atoms. The molecule has 0 radical (unpaired) electrons. The summed E-state index contributed by atoms with van der Waals surface area (Å²) in [7, 11) is 0. The van der Waals surface area contributed by atoms with Gasteiger partial charge in [0.05, 0.1) is 11.8 Å². The molecular formula is C58H40N2S. The van der Waals surface area contributed by atoms with Crippen molar-refractivity contribution in [3.8, 4) is 22.3 Å². The average molecular weight is 797 g/mol. The molecule has 1 aliphatic carbocycles. The van der Waals surface area contributed by atoms with Crippen molar-refractivity contribution in [1.82, 2.24) is 0 Å². The molecule has 9 aromatic carbocycles. The quantitative estimate of drug-likeness (QED) is 0.166. The van der Waals surface area contributed by atoms with Crippen molar-refractivity contribution in [2.45, 2.75) is 18.9 Å². The molecule has 12 rings (SSSR count). The van der Waals surface area contributed by atoms with E-state index in [0.29, 0.717) is 0 Å². The summed E-state index contributed by atoms with van der Waals surface area (Å²) in [6.45, 7) is 6.96. The van der Waals surface area contributed by atoms with Gasteiger partial charge in [0.25, 0.3) is 0 Å². The summed E-state index contributed by atoms with van der Waals surface area (Å²) in [4.78, 5) is 11.1. The Morgan fingerprint density at radius 1 is 0.492 bits per heavy atom. The number of rotatable bonds is 5. The molecule has 3 heteroatoms. The first-order valence-electron chi connectivity index (χ1n) is 21.1. The number of nitrogens with zero attached hydrogens (tertiary/aromatic N) is 2. The van der Waals surface area contributed by atoms with E-state index < -0.39 is 0 Å². The molecule has 0 N–H and O–H groups in total. The first kappa shape index (κ1) is 35.7. The van der Waals surface area contributed by atoms with Crippen LogP contribution in [0.2, 0.25) is 0 Å². The molecule has 2 aliphatic rings. The molecule has 61 heavy (non-hydrogen) atoms. The van der Waals surface area contributed by atoms with Crippen LogP contribution in [0.5, 0.6) is 0 Å². The normalized spacial score (nSPS) is 17.3. The van der Waals surface area contributed by atoms with Crippen LogP contribution in [0.4, 0.5) is 0 Å². The lowest BCUT2D eigenvalue weighted by atomic mass is 9.73. The molecule has 3 atom stereocenters. The fourth-order valence-corrected chi connectivity index (χ4v) is 11.4. The zero-order valence-electron chi connectivity index (χ0n) is 33.7. The van der Waals surface area contributed by atoms with Crippen LogP contribution in [0.25, 0.3) is 69.5 Å². The summed E-state index contributed by atoms with van der Waals surface area (Å²) in [5.74, 6) is 0.904. The number of amidine groups is 1. The maximum absolute atomic E-state index is 5.56. The highest BCUT2D eigenvalue weighted by atomic mass is 32.1. The third-order valence-electron chi connectivity index (χ3n) is 13.1. The Balaban J connectivity index is 1.00. The van der Waals surface area contributed by atoms with Crippen molar-refractivity contribution in [3.63, 3.8) is 0 Å². The van der Waals surface area contributed by atoms with Crippen molar-refractivity contribution in [2.75, 3.05) is 0 Å². The second kappa shape index (κ2) is 14.2. The van der Waals surface area contributed by atoms with Crippen LogP contribution in [0.3, 0.4) is 0 Å². The Morgan fingerprint density at radius 2 is 1.15 bits per heavy atom. The van der Waals surface area contributed by atoms with Gasteiger partial charge in [-0.15, -0.1) is 11.3 Å². The van der Waals surface area contributed by atoms with E-state index in [1.165, 1.54) is 86.2 Å². The number of hydrogen-bond donors (Lipinski definition) is 0. The Labute approximate surface area is 359 Å². The highest BCUT2D eigenvalue weighted by Crippen LogP contribution is 2.49. The van der Waals surface area contributed by atoms with E-state index in [9.17, 15) is 0 Å². The third-order valence-corrected chi connectivity index (χ3v) is 14.2. The van der Waals surface area contributed by atoms with Crippen LogP contribution in [0, 0.1) is 5.92 Å². The second-order valence-corrected chi connectivity index (χ2v) is 17.5. The van der Waals surface area contributed by atoms with E-state index >= 15 is 0 Å². The van der Waals surface area contributed by atoms with Crippen molar-refractivity contribution in [3.05, 3.63) is 234 Å². The van der Waals surface area contributed by atoms with Gasteiger partial charge < -0.3 is 0 Å². The van der Waals surface area contributed by atoms with Gasteiger partial charge in [-0.3, -0.25) is 4.99 Å². The molecule has 288 valence electrons. The Morgan fingerprint density at radius 3 is 1.98 bits per heavy atom. The van der Waals surface area contributed by atoms with Crippen LogP contribution in [-0.4, -0.2) is 11.5 Å². The highest BCUT2D eigenvalue weighted by Gasteiger charge is 2.32. The molecule has 2 heterocycles. The average Bonchev–Trinajstić information content (AvgIpc) is 3.71. The smallest absolute Gasteiger partial charge is 0.156 e. The topological polar surface area (TPSA) is 24.7 Å². The Kier molecular flexibility index (Phi) is 8.33. The summed E-state index contributed by atoms with van der Waals surface area (Å²) in [6, 6.07) is 70.6. The number of fused-ring (bicyclic) bond motifs is 9. The van der Waals surface area contributed by atoms with Gasteiger partial charge in [-0.1, -0.05) is 195 Å². The van der Waals surface area contributed by atoms with Gasteiger partial charge in [0.15, 0.2) is 5.84 Å². The van der Waals surface area contributed by atoms with Gasteiger partial charge in [-0.2, -0.15) is 0 Å². The van der Waals surface area contributed by atoms with E-state index in [4.69, 9.17) is 9.98 Å². The zero-order valence-corrected chi connectivity index (χ0v) is 34.5.